The van der Waals surface area contributed by atoms with Gasteiger partial charge >= 0.3 is 0 Å². The largest absolute Gasteiger partial charge is 0.352 e. The van der Waals surface area contributed by atoms with Crippen LogP contribution in [-0.4, -0.2) is 45.7 Å². The summed E-state index contributed by atoms with van der Waals surface area (Å²) < 4.78 is 2.02. The monoisotopic (exact) mass is 246 g/mol. The van der Waals surface area contributed by atoms with Gasteiger partial charge in [-0.05, 0) is 13.8 Å². The maximum Gasteiger partial charge on any atom is 0.165 e. The van der Waals surface area contributed by atoms with E-state index >= 15 is 0 Å². The molecule has 1 N–H and O–H groups in total. The van der Waals surface area contributed by atoms with Crippen LogP contribution < -0.4 is 10.2 Å². The minimum atomic E-state index is 0.805. The van der Waals surface area contributed by atoms with E-state index in [2.05, 4.69) is 25.2 Å². The zero-order chi connectivity index (χ0) is 12.7. The molecule has 96 valence electrons. The molecule has 6 heteroatoms. The number of aryl methyl sites for hydroxylation is 3. The molecule has 1 saturated heterocycles. The second kappa shape index (κ2) is 4.20. The van der Waals surface area contributed by atoms with E-state index in [1.807, 2.05) is 25.5 Å². The molecule has 0 unspecified atom stereocenters. The van der Waals surface area contributed by atoms with Crippen LogP contribution in [-0.2, 0) is 7.05 Å². The molecule has 3 rings (SSSR count). The van der Waals surface area contributed by atoms with Crippen molar-refractivity contribution in [2.24, 2.45) is 7.05 Å². The average molecular weight is 246 g/mol. The van der Waals surface area contributed by atoms with Gasteiger partial charge in [-0.25, -0.2) is 15.0 Å². The van der Waals surface area contributed by atoms with E-state index in [1.165, 1.54) is 0 Å². The highest BCUT2D eigenvalue weighted by atomic mass is 15.3. The first-order chi connectivity index (χ1) is 8.66. The lowest BCUT2D eigenvalue weighted by molar-refractivity contribution is 0.585. The van der Waals surface area contributed by atoms with Gasteiger partial charge in [0, 0.05) is 33.2 Å². The standard InChI is InChI=1S/C12H18N6/c1-8-14-11-10(16-9(2)17(11)3)12(15-8)18-6-4-13-5-7-18/h13H,4-7H2,1-3H3. The van der Waals surface area contributed by atoms with E-state index in [1.54, 1.807) is 0 Å². The second-order valence-corrected chi connectivity index (χ2v) is 4.72. The number of anilines is 1. The summed E-state index contributed by atoms with van der Waals surface area (Å²) >= 11 is 0. The molecule has 18 heavy (non-hydrogen) atoms. The molecule has 1 aliphatic heterocycles. The van der Waals surface area contributed by atoms with E-state index < -0.39 is 0 Å². The summed E-state index contributed by atoms with van der Waals surface area (Å²) in [4.78, 5) is 16.0. The third-order valence-corrected chi connectivity index (χ3v) is 3.45. The smallest absolute Gasteiger partial charge is 0.165 e. The molecule has 0 atom stereocenters. The van der Waals surface area contributed by atoms with Crippen LogP contribution in [0.1, 0.15) is 11.6 Å². The van der Waals surface area contributed by atoms with Gasteiger partial charge in [0.2, 0.25) is 0 Å². The molecule has 0 radical (unpaired) electrons. The lowest BCUT2D eigenvalue weighted by Crippen LogP contribution is -2.44. The van der Waals surface area contributed by atoms with Crippen LogP contribution in [0.2, 0.25) is 0 Å². The first-order valence-corrected chi connectivity index (χ1v) is 6.30. The topological polar surface area (TPSA) is 58.9 Å². The number of hydrogen-bond acceptors (Lipinski definition) is 5. The van der Waals surface area contributed by atoms with Gasteiger partial charge in [-0.15, -0.1) is 0 Å². The molecule has 0 amide bonds. The minimum absolute atomic E-state index is 0.805. The number of nitrogens with one attached hydrogen (secondary N) is 1. The Morgan fingerprint density at radius 2 is 1.78 bits per heavy atom. The Balaban J connectivity index is 2.17. The normalized spacial score (nSPS) is 16.5. The van der Waals surface area contributed by atoms with E-state index in [4.69, 9.17) is 0 Å². The molecule has 3 heterocycles. The highest BCUT2D eigenvalue weighted by molar-refractivity contribution is 5.84. The molecule has 0 aromatic carbocycles. The SMILES string of the molecule is Cc1nc(N2CCNCC2)c2nc(C)n(C)c2n1. The van der Waals surface area contributed by atoms with Gasteiger partial charge in [-0.3, -0.25) is 0 Å². The van der Waals surface area contributed by atoms with Crippen molar-refractivity contribution >= 4 is 17.0 Å². The fourth-order valence-electron chi connectivity index (χ4n) is 2.36. The molecule has 6 nitrogen and oxygen atoms in total. The molecule has 0 bridgehead atoms. The van der Waals surface area contributed by atoms with Gasteiger partial charge in [-0.2, -0.15) is 0 Å². The lowest BCUT2D eigenvalue weighted by Gasteiger charge is -2.28. The van der Waals surface area contributed by atoms with Crippen LogP contribution in [0.25, 0.3) is 11.2 Å². The van der Waals surface area contributed by atoms with Crippen molar-refractivity contribution in [2.45, 2.75) is 13.8 Å². The van der Waals surface area contributed by atoms with Gasteiger partial charge < -0.3 is 14.8 Å². The number of hydrogen-bond donors (Lipinski definition) is 1. The summed E-state index contributed by atoms with van der Waals surface area (Å²) in [7, 11) is 2.00. The highest BCUT2D eigenvalue weighted by Gasteiger charge is 2.19. The third-order valence-electron chi connectivity index (χ3n) is 3.45. The molecule has 0 saturated carbocycles. The zero-order valence-electron chi connectivity index (χ0n) is 11.1. The molecule has 0 aliphatic carbocycles. The second-order valence-electron chi connectivity index (χ2n) is 4.72. The maximum atomic E-state index is 4.60. The Kier molecular flexibility index (Phi) is 2.66. The molecule has 1 aliphatic rings. The average Bonchev–Trinajstić information content (AvgIpc) is 2.66. The van der Waals surface area contributed by atoms with Crippen LogP contribution in [0.5, 0.6) is 0 Å². The molecule has 1 fully saturated rings. The molecule has 2 aromatic rings. The summed E-state index contributed by atoms with van der Waals surface area (Å²) in [6.07, 6.45) is 0. The van der Waals surface area contributed by atoms with Crippen LogP contribution in [0.15, 0.2) is 0 Å². The van der Waals surface area contributed by atoms with Gasteiger partial charge in [0.25, 0.3) is 0 Å². The number of piperazine rings is 1. The van der Waals surface area contributed by atoms with E-state index in [-0.39, 0.29) is 0 Å². The summed E-state index contributed by atoms with van der Waals surface area (Å²) in [5.74, 6) is 2.75. The molecule has 0 spiro atoms. The number of nitrogens with zero attached hydrogens (tertiary/aromatic N) is 5. The number of fused-ring (bicyclic) bond motifs is 1. The fourth-order valence-corrected chi connectivity index (χ4v) is 2.36. The third kappa shape index (κ3) is 1.73. The highest BCUT2D eigenvalue weighted by Crippen LogP contribution is 2.23. The Morgan fingerprint density at radius 3 is 2.50 bits per heavy atom. The summed E-state index contributed by atoms with van der Waals surface area (Å²) in [6.45, 7) is 7.88. The van der Waals surface area contributed by atoms with Gasteiger partial charge in [0.05, 0.1) is 0 Å². The minimum Gasteiger partial charge on any atom is -0.352 e. The Bertz CT molecular complexity index is 582. The van der Waals surface area contributed by atoms with Crippen LogP contribution in [0, 0.1) is 13.8 Å². The van der Waals surface area contributed by atoms with Crippen molar-refractivity contribution in [1.82, 2.24) is 24.8 Å². The molecule has 2 aromatic heterocycles. The zero-order valence-corrected chi connectivity index (χ0v) is 11.1. The van der Waals surface area contributed by atoms with E-state index in [9.17, 15) is 0 Å². The van der Waals surface area contributed by atoms with Crippen LogP contribution >= 0.6 is 0 Å². The van der Waals surface area contributed by atoms with E-state index in [0.717, 1.165) is 54.8 Å². The molecular weight excluding hydrogens is 228 g/mol. The van der Waals surface area contributed by atoms with Crippen LogP contribution in [0.3, 0.4) is 0 Å². The van der Waals surface area contributed by atoms with Crippen molar-refractivity contribution in [3.8, 4) is 0 Å². The first kappa shape index (κ1) is 11.4. The lowest BCUT2D eigenvalue weighted by atomic mass is 10.3. The fraction of sp³-hybridized carbons (Fsp3) is 0.583. The van der Waals surface area contributed by atoms with E-state index in [0.29, 0.717) is 0 Å². The predicted molar refractivity (Wildman–Crippen MR) is 70.9 cm³/mol. The Labute approximate surface area is 106 Å². The Hall–Kier alpha value is -1.69. The summed E-state index contributed by atoms with van der Waals surface area (Å²) in [6, 6.07) is 0. The maximum absolute atomic E-state index is 4.60. The van der Waals surface area contributed by atoms with Crippen molar-refractivity contribution in [1.29, 1.82) is 0 Å². The van der Waals surface area contributed by atoms with Gasteiger partial charge in [-0.1, -0.05) is 0 Å². The van der Waals surface area contributed by atoms with Crippen molar-refractivity contribution in [3.63, 3.8) is 0 Å². The van der Waals surface area contributed by atoms with Crippen LogP contribution in [0.4, 0.5) is 5.82 Å². The van der Waals surface area contributed by atoms with Crippen molar-refractivity contribution < 1.29 is 0 Å². The Morgan fingerprint density at radius 1 is 1.06 bits per heavy atom. The quantitative estimate of drug-likeness (QED) is 0.789. The first-order valence-electron chi connectivity index (χ1n) is 6.30. The van der Waals surface area contributed by atoms with Gasteiger partial charge in [0.1, 0.15) is 11.6 Å². The summed E-state index contributed by atoms with van der Waals surface area (Å²) in [5, 5.41) is 3.35. The predicted octanol–water partition coefficient (Wildman–Crippen LogP) is 0.390. The summed E-state index contributed by atoms with van der Waals surface area (Å²) in [5.41, 5.74) is 1.84. The number of aromatic nitrogens is 4. The number of rotatable bonds is 1. The van der Waals surface area contributed by atoms with Crippen molar-refractivity contribution in [2.75, 3.05) is 31.1 Å². The molecular formula is C12H18N6. The van der Waals surface area contributed by atoms with Gasteiger partial charge in [0.15, 0.2) is 17.0 Å². The number of imidazole rings is 1. The van der Waals surface area contributed by atoms with Crippen molar-refractivity contribution in [3.05, 3.63) is 11.6 Å².